The van der Waals surface area contributed by atoms with Gasteiger partial charge in [-0.1, -0.05) is 66.2 Å². The maximum Gasteiger partial charge on any atom is 0.0687 e. The molecule has 1 N–H and O–H groups in total. The van der Waals surface area contributed by atoms with Crippen molar-refractivity contribution in [2.75, 3.05) is 0 Å². The average Bonchev–Trinajstić information content (AvgIpc) is 2.47. The van der Waals surface area contributed by atoms with E-state index in [0.29, 0.717) is 0 Å². The van der Waals surface area contributed by atoms with Crippen LogP contribution >= 0.6 is 0 Å². The van der Waals surface area contributed by atoms with E-state index in [2.05, 4.69) is 61.5 Å². The fourth-order valence-corrected chi connectivity index (χ4v) is 2.70. The van der Waals surface area contributed by atoms with Gasteiger partial charge in [-0.25, -0.2) is 0 Å². The van der Waals surface area contributed by atoms with E-state index in [-0.39, 0.29) is 6.61 Å². The lowest BCUT2D eigenvalue weighted by Gasteiger charge is -2.10. The molecule has 0 aromatic heterocycles. The zero-order valence-corrected chi connectivity index (χ0v) is 11.6. The minimum atomic E-state index is 0.0855. The van der Waals surface area contributed by atoms with E-state index < -0.39 is 0 Å². The molecular weight excluding hydrogens is 244 g/mol. The summed E-state index contributed by atoms with van der Waals surface area (Å²) in [5.74, 6) is 0. The first-order chi connectivity index (χ1) is 9.76. The van der Waals surface area contributed by atoms with Gasteiger partial charge in [-0.3, -0.25) is 0 Å². The first kappa shape index (κ1) is 12.9. The second-order valence-electron chi connectivity index (χ2n) is 5.30. The Hall–Kier alpha value is -2.12. The van der Waals surface area contributed by atoms with Crippen molar-refractivity contribution in [1.29, 1.82) is 0 Å². The summed E-state index contributed by atoms with van der Waals surface area (Å²) in [5.41, 5.74) is 4.80. The Bertz CT molecular complexity index is 729. The summed E-state index contributed by atoms with van der Waals surface area (Å²) >= 11 is 0. The van der Waals surface area contributed by atoms with Crippen LogP contribution in [0.4, 0.5) is 0 Å². The lowest BCUT2D eigenvalue weighted by Crippen LogP contribution is -1.93. The number of rotatable bonds is 3. The zero-order valence-electron chi connectivity index (χ0n) is 11.6. The van der Waals surface area contributed by atoms with Crippen LogP contribution in [0.2, 0.25) is 0 Å². The fraction of sp³-hybridized carbons (Fsp3) is 0.158. The SMILES string of the molecule is Cc1ccc2c(CO)cc(Cc3ccccc3)cc2c1. The van der Waals surface area contributed by atoms with Crippen molar-refractivity contribution in [3.05, 3.63) is 82.9 Å². The average molecular weight is 262 g/mol. The Morgan fingerprint density at radius 1 is 0.850 bits per heavy atom. The van der Waals surface area contributed by atoms with Gasteiger partial charge in [-0.15, -0.1) is 0 Å². The molecule has 0 saturated heterocycles. The smallest absolute Gasteiger partial charge is 0.0687 e. The van der Waals surface area contributed by atoms with Crippen LogP contribution in [0.25, 0.3) is 10.8 Å². The lowest BCUT2D eigenvalue weighted by atomic mass is 9.96. The van der Waals surface area contributed by atoms with Gasteiger partial charge in [0.25, 0.3) is 0 Å². The standard InChI is InChI=1S/C19H18O/c1-14-7-8-19-17(9-14)11-16(12-18(19)13-20)10-15-5-3-2-4-6-15/h2-9,11-12,20H,10,13H2,1H3. The third kappa shape index (κ3) is 2.59. The Morgan fingerprint density at radius 2 is 1.65 bits per heavy atom. The number of hydrogen-bond acceptors (Lipinski definition) is 1. The van der Waals surface area contributed by atoms with Crippen molar-refractivity contribution in [3.63, 3.8) is 0 Å². The molecule has 0 unspecified atom stereocenters. The summed E-state index contributed by atoms with van der Waals surface area (Å²) < 4.78 is 0. The quantitative estimate of drug-likeness (QED) is 0.749. The zero-order chi connectivity index (χ0) is 13.9. The van der Waals surface area contributed by atoms with E-state index in [0.717, 1.165) is 17.4 Å². The van der Waals surface area contributed by atoms with E-state index in [9.17, 15) is 5.11 Å². The van der Waals surface area contributed by atoms with Crippen molar-refractivity contribution >= 4 is 10.8 Å². The first-order valence-corrected chi connectivity index (χ1v) is 6.93. The Kier molecular flexibility index (Phi) is 3.53. The maximum atomic E-state index is 9.60. The lowest BCUT2D eigenvalue weighted by molar-refractivity contribution is 0.283. The molecule has 3 aromatic rings. The summed E-state index contributed by atoms with van der Waals surface area (Å²) in [7, 11) is 0. The van der Waals surface area contributed by atoms with Crippen LogP contribution in [0, 0.1) is 6.92 Å². The van der Waals surface area contributed by atoms with Crippen LogP contribution in [0.5, 0.6) is 0 Å². The number of benzene rings is 3. The first-order valence-electron chi connectivity index (χ1n) is 6.93. The Morgan fingerprint density at radius 3 is 2.40 bits per heavy atom. The van der Waals surface area contributed by atoms with Gasteiger partial charge in [0.05, 0.1) is 6.61 Å². The molecule has 3 rings (SSSR count). The monoisotopic (exact) mass is 262 g/mol. The van der Waals surface area contributed by atoms with Gasteiger partial charge in [-0.05, 0) is 40.8 Å². The highest BCUT2D eigenvalue weighted by atomic mass is 16.3. The molecule has 0 fully saturated rings. The molecule has 0 heterocycles. The number of aliphatic hydroxyl groups excluding tert-OH is 1. The number of aryl methyl sites for hydroxylation is 1. The minimum absolute atomic E-state index is 0.0855. The third-order valence-corrected chi connectivity index (χ3v) is 3.67. The van der Waals surface area contributed by atoms with Crippen LogP contribution in [-0.2, 0) is 13.0 Å². The largest absolute Gasteiger partial charge is 0.392 e. The van der Waals surface area contributed by atoms with Gasteiger partial charge >= 0.3 is 0 Å². The topological polar surface area (TPSA) is 20.2 Å². The highest BCUT2D eigenvalue weighted by Gasteiger charge is 2.05. The van der Waals surface area contributed by atoms with Crippen LogP contribution in [0.1, 0.15) is 22.3 Å². The van der Waals surface area contributed by atoms with Crippen molar-refractivity contribution in [3.8, 4) is 0 Å². The molecule has 20 heavy (non-hydrogen) atoms. The molecule has 0 bridgehead atoms. The highest BCUT2D eigenvalue weighted by molar-refractivity contribution is 5.87. The molecule has 1 heteroatoms. The van der Waals surface area contributed by atoms with Crippen LogP contribution in [0.15, 0.2) is 60.7 Å². The molecule has 3 aromatic carbocycles. The van der Waals surface area contributed by atoms with Gasteiger partial charge in [0.1, 0.15) is 0 Å². The molecule has 0 radical (unpaired) electrons. The van der Waals surface area contributed by atoms with Gasteiger partial charge in [-0.2, -0.15) is 0 Å². The molecule has 0 aliphatic rings. The van der Waals surface area contributed by atoms with Crippen LogP contribution in [-0.4, -0.2) is 5.11 Å². The fourth-order valence-electron chi connectivity index (χ4n) is 2.70. The summed E-state index contributed by atoms with van der Waals surface area (Å²) in [6, 6.07) is 21.2. The molecule has 1 nitrogen and oxygen atoms in total. The summed E-state index contributed by atoms with van der Waals surface area (Å²) in [5, 5.41) is 12.0. The number of aliphatic hydroxyl groups is 1. The van der Waals surface area contributed by atoms with E-state index in [1.165, 1.54) is 22.1 Å². The second-order valence-corrected chi connectivity index (χ2v) is 5.30. The van der Waals surface area contributed by atoms with Crippen molar-refractivity contribution in [2.24, 2.45) is 0 Å². The predicted octanol–water partition coefficient (Wildman–Crippen LogP) is 4.23. The maximum absolute atomic E-state index is 9.60. The van der Waals surface area contributed by atoms with Gasteiger partial charge in [0.2, 0.25) is 0 Å². The molecule has 0 spiro atoms. The van der Waals surface area contributed by atoms with E-state index in [1.54, 1.807) is 0 Å². The molecule has 0 atom stereocenters. The van der Waals surface area contributed by atoms with Crippen molar-refractivity contribution < 1.29 is 5.11 Å². The minimum Gasteiger partial charge on any atom is -0.392 e. The van der Waals surface area contributed by atoms with Crippen molar-refractivity contribution in [2.45, 2.75) is 20.0 Å². The molecule has 0 aliphatic carbocycles. The summed E-state index contributed by atoms with van der Waals surface area (Å²) in [4.78, 5) is 0. The third-order valence-electron chi connectivity index (χ3n) is 3.67. The van der Waals surface area contributed by atoms with E-state index in [4.69, 9.17) is 0 Å². The second kappa shape index (κ2) is 5.48. The van der Waals surface area contributed by atoms with Gasteiger partial charge in [0.15, 0.2) is 0 Å². The van der Waals surface area contributed by atoms with E-state index in [1.807, 2.05) is 6.07 Å². The molecule has 0 aliphatic heterocycles. The molecule has 0 saturated carbocycles. The number of hydrogen-bond donors (Lipinski definition) is 1. The predicted molar refractivity (Wildman–Crippen MR) is 83.9 cm³/mol. The normalized spacial score (nSPS) is 10.9. The van der Waals surface area contributed by atoms with Gasteiger partial charge in [0, 0.05) is 0 Å². The highest BCUT2D eigenvalue weighted by Crippen LogP contribution is 2.24. The van der Waals surface area contributed by atoms with E-state index >= 15 is 0 Å². The Labute approximate surface area is 119 Å². The molecule has 100 valence electrons. The summed E-state index contributed by atoms with van der Waals surface area (Å²) in [6.45, 7) is 2.18. The molecular formula is C19H18O. The number of fused-ring (bicyclic) bond motifs is 1. The van der Waals surface area contributed by atoms with Crippen molar-refractivity contribution in [1.82, 2.24) is 0 Å². The Balaban J connectivity index is 2.07. The summed E-state index contributed by atoms with van der Waals surface area (Å²) in [6.07, 6.45) is 0.901. The van der Waals surface area contributed by atoms with Crippen LogP contribution < -0.4 is 0 Å². The van der Waals surface area contributed by atoms with Gasteiger partial charge < -0.3 is 5.11 Å². The van der Waals surface area contributed by atoms with Crippen LogP contribution in [0.3, 0.4) is 0 Å². The molecule has 0 amide bonds.